The monoisotopic (exact) mass is 346 g/mol. The molecule has 2 amide bonds. The van der Waals surface area contributed by atoms with E-state index < -0.39 is 0 Å². The van der Waals surface area contributed by atoms with Crippen molar-refractivity contribution in [3.05, 3.63) is 18.2 Å². The Morgan fingerprint density at radius 3 is 2.68 bits per heavy atom. The molecule has 2 fully saturated rings. The van der Waals surface area contributed by atoms with Crippen LogP contribution < -0.4 is 14.8 Å². The first-order chi connectivity index (χ1) is 12.0. The maximum atomic E-state index is 12.6. The third-order valence-electron chi connectivity index (χ3n) is 5.08. The van der Waals surface area contributed by atoms with Gasteiger partial charge in [0.05, 0.1) is 31.7 Å². The number of ether oxygens (including phenoxy) is 2. The van der Waals surface area contributed by atoms with Crippen LogP contribution in [0, 0.1) is 17.8 Å². The molecular weight excluding hydrogens is 320 g/mol. The standard InChI is InChI=1S/C19H26N2O4/c1-12-5-4-8-21(11-12)19(23)15-10-14(15)18(22)20-16-9-13(24-2)6-7-17(16)25-3/h6-7,9,12,14-15H,4-5,8,10-11H2,1-3H3,(H,20,22). The van der Waals surface area contributed by atoms with Crippen molar-refractivity contribution in [3.63, 3.8) is 0 Å². The molecule has 1 heterocycles. The van der Waals surface area contributed by atoms with Gasteiger partial charge in [-0.15, -0.1) is 0 Å². The van der Waals surface area contributed by atoms with Gasteiger partial charge in [0, 0.05) is 19.2 Å². The molecule has 3 atom stereocenters. The minimum absolute atomic E-state index is 0.129. The Kier molecular flexibility index (Phi) is 5.16. The summed E-state index contributed by atoms with van der Waals surface area (Å²) >= 11 is 0. The maximum absolute atomic E-state index is 12.6. The Morgan fingerprint density at radius 2 is 2.00 bits per heavy atom. The minimum atomic E-state index is -0.249. The largest absolute Gasteiger partial charge is 0.497 e. The second-order valence-corrected chi connectivity index (χ2v) is 7.04. The second kappa shape index (κ2) is 7.33. The van der Waals surface area contributed by atoms with Crippen molar-refractivity contribution < 1.29 is 19.1 Å². The summed E-state index contributed by atoms with van der Waals surface area (Å²) in [5.41, 5.74) is 0.566. The van der Waals surface area contributed by atoms with E-state index in [0.717, 1.165) is 19.5 Å². The van der Waals surface area contributed by atoms with Crippen molar-refractivity contribution in [1.29, 1.82) is 0 Å². The summed E-state index contributed by atoms with van der Waals surface area (Å²) in [5.74, 6) is 1.33. The van der Waals surface area contributed by atoms with E-state index >= 15 is 0 Å². The van der Waals surface area contributed by atoms with Gasteiger partial charge in [0.1, 0.15) is 11.5 Å². The molecule has 0 radical (unpaired) electrons. The van der Waals surface area contributed by atoms with E-state index in [0.29, 0.717) is 29.5 Å². The smallest absolute Gasteiger partial charge is 0.228 e. The molecule has 3 unspecified atom stereocenters. The number of rotatable bonds is 5. The predicted octanol–water partition coefficient (Wildman–Crippen LogP) is 2.54. The summed E-state index contributed by atoms with van der Waals surface area (Å²) in [6.07, 6.45) is 2.85. The zero-order valence-corrected chi connectivity index (χ0v) is 15.1. The average molecular weight is 346 g/mol. The Balaban J connectivity index is 1.61. The van der Waals surface area contributed by atoms with E-state index in [9.17, 15) is 9.59 Å². The van der Waals surface area contributed by atoms with Gasteiger partial charge >= 0.3 is 0 Å². The van der Waals surface area contributed by atoms with Gasteiger partial charge in [-0.3, -0.25) is 9.59 Å². The Bertz CT molecular complexity index is 661. The van der Waals surface area contributed by atoms with E-state index in [-0.39, 0.29) is 23.7 Å². The Hall–Kier alpha value is -2.24. The Labute approximate surface area is 148 Å². The third-order valence-corrected chi connectivity index (χ3v) is 5.08. The van der Waals surface area contributed by atoms with Crippen LogP contribution in [0.3, 0.4) is 0 Å². The number of hydrogen-bond donors (Lipinski definition) is 1. The van der Waals surface area contributed by atoms with Crippen LogP contribution >= 0.6 is 0 Å². The molecule has 0 bridgehead atoms. The number of nitrogens with one attached hydrogen (secondary N) is 1. The fourth-order valence-corrected chi connectivity index (χ4v) is 3.52. The van der Waals surface area contributed by atoms with Crippen molar-refractivity contribution >= 4 is 17.5 Å². The molecule has 0 spiro atoms. The molecule has 25 heavy (non-hydrogen) atoms. The van der Waals surface area contributed by atoms with Crippen LogP contribution in [-0.4, -0.2) is 44.0 Å². The number of anilines is 1. The normalized spacial score (nSPS) is 25.2. The molecule has 1 aliphatic heterocycles. The van der Waals surface area contributed by atoms with Crippen LogP contribution in [0.5, 0.6) is 11.5 Å². The van der Waals surface area contributed by atoms with E-state index in [1.165, 1.54) is 6.42 Å². The second-order valence-electron chi connectivity index (χ2n) is 7.04. The van der Waals surface area contributed by atoms with E-state index in [1.54, 1.807) is 32.4 Å². The van der Waals surface area contributed by atoms with E-state index in [2.05, 4.69) is 12.2 Å². The lowest BCUT2D eigenvalue weighted by Crippen LogP contribution is -2.40. The minimum Gasteiger partial charge on any atom is -0.497 e. The van der Waals surface area contributed by atoms with Crippen molar-refractivity contribution in [2.24, 2.45) is 17.8 Å². The number of carbonyl (C=O) groups is 2. The van der Waals surface area contributed by atoms with Crippen LogP contribution in [0.4, 0.5) is 5.69 Å². The Morgan fingerprint density at radius 1 is 1.20 bits per heavy atom. The molecule has 1 aliphatic carbocycles. The molecule has 1 aromatic rings. The lowest BCUT2D eigenvalue weighted by molar-refractivity contribution is -0.135. The number of piperidine rings is 1. The molecule has 6 nitrogen and oxygen atoms in total. The van der Waals surface area contributed by atoms with Gasteiger partial charge < -0.3 is 19.7 Å². The van der Waals surface area contributed by atoms with Gasteiger partial charge in [-0.25, -0.2) is 0 Å². The summed E-state index contributed by atoms with van der Waals surface area (Å²) in [5, 5.41) is 2.88. The molecular formula is C19H26N2O4. The quantitative estimate of drug-likeness (QED) is 0.890. The average Bonchev–Trinajstić information content (AvgIpc) is 3.42. The van der Waals surface area contributed by atoms with Crippen LogP contribution in [0.1, 0.15) is 26.2 Å². The van der Waals surface area contributed by atoms with E-state index in [4.69, 9.17) is 9.47 Å². The lowest BCUT2D eigenvalue weighted by atomic mass is 10.00. The molecule has 136 valence electrons. The van der Waals surface area contributed by atoms with Gasteiger partial charge in [-0.05, 0) is 37.3 Å². The van der Waals surface area contributed by atoms with Crippen molar-refractivity contribution in [2.45, 2.75) is 26.2 Å². The van der Waals surface area contributed by atoms with Crippen molar-refractivity contribution in [1.82, 2.24) is 4.90 Å². The number of hydrogen-bond acceptors (Lipinski definition) is 4. The first-order valence-corrected chi connectivity index (χ1v) is 8.85. The summed E-state index contributed by atoms with van der Waals surface area (Å²) in [7, 11) is 3.13. The van der Waals surface area contributed by atoms with Crippen molar-refractivity contribution in [2.75, 3.05) is 32.6 Å². The molecule has 1 saturated heterocycles. The number of likely N-dealkylation sites (tertiary alicyclic amines) is 1. The van der Waals surface area contributed by atoms with E-state index in [1.807, 2.05) is 4.90 Å². The van der Waals surface area contributed by atoms with Gasteiger partial charge in [0.25, 0.3) is 0 Å². The van der Waals surface area contributed by atoms with Crippen LogP contribution in [-0.2, 0) is 9.59 Å². The predicted molar refractivity (Wildman–Crippen MR) is 94.8 cm³/mol. The van der Waals surface area contributed by atoms with Crippen LogP contribution in [0.25, 0.3) is 0 Å². The third kappa shape index (κ3) is 3.89. The number of methoxy groups -OCH3 is 2. The van der Waals surface area contributed by atoms with Gasteiger partial charge in [-0.1, -0.05) is 6.92 Å². The van der Waals surface area contributed by atoms with Crippen LogP contribution in [0.2, 0.25) is 0 Å². The fourth-order valence-electron chi connectivity index (χ4n) is 3.52. The van der Waals surface area contributed by atoms with Crippen molar-refractivity contribution in [3.8, 4) is 11.5 Å². The molecule has 2 aliphatic rings. The highest BCUT2D eigenvalue weighted by Crippen LogP contribution is 2.42. The number of benzene rings is 1. The summed E-state index contributed by atoms with van der Waals surface area (Å²) < 4.78 is 10.5. The van der Waals surface area contributed by atoms with Crippen LogP contribution in [0.15, 0.2) is 18.2 Å². The zero-order chi connectivity index (χ0) is 18.0. The van der Waals surface area contributed by atoms with Gasteiger partial charge in [0.2, 0.25) is 11.8 Å². The zero-order valence-electron chi connectivity index (χ0n) is 15.1. The molecule has 3 rings (SSSR count). The first-order valence-electron chi connectivity index (χ1n) is 8.85. The fraction of sp³-hybridized carbons (Fsp3) is 0.579. The molecule has 1 N–H and O–H groups in total. The highest BCUT2D eigenvalue weighted by atomic mass is 16.5. The topological polar surface area (TPSA) is 67.9 Å². The summed E-state index contributed by atoms with van der Waals surface area (Å²) in [4.78, 5) is 27.1. The number of amides is 2. The number of carbonyl (C=O) groups excluding carboxylic acids is 2. The SMILES string of the molecule is COc1ccc(OC)c(NC(=O)C2CC2C(=O)N2CCCC(C)C2)c1. The molecule has 6 heteroatoms. The number of nitrogens with zero attached hydrogens (tertiary/aromatic N) is 1. The molecule has 1 aromatic carbocycles. The molecule has 0 aromatic heterocycles. The maximum Gasteiger partial charge on any atom is 0.228 e. The molecule has 1 saturated carbocycles. The lowest BCUT2D eigenvalue weighted by Gasteiger charge is -2.31. The highest BCUT2D eigenvalue weighted by molar-refractivity contribution is 6.00. The van der Waals surface area contributed by atoms with Gasteiger partial charge in [0.15, 0.2) is 0 Å². The summed E-state index contributed by atoms with van der Waals surface area (Å²) in [6.45, 7) is 3.80. The summed E-state index contributed by atoms with van der Waals surface area (Å²) in [6, 6.07) is 5.25. The first kappa shape index (κ1) is 17.6. The van der Waals surface area contributed by atoms with Gasteiger partial charge in [-0.2, -0.15) is 0 Å². The highest BCUT2D eigenvalue weighted by Gasteiger charge is 2.49.